The van der Waals surface area contributed by atoms with Gasteiger partial charge in [-0.05, 0) is 30.3 Å². The van der Waals surface area contributed by atoms with Crippen molar-refractivity contribution in [3.8, 4) is 11.5 Å². The predicted octanol–water partition coefficient (Wildman–Crippen LogP) is 2.66. The van der Waals surface area contributed by atoms with E-state index >= 15 is 0 Å². The molecule has 8 nitrogen and oxygen atoms in total. The number of halogens is 1. The number of nitrogen functional groups attached to an aromatic ring is 1. The van der Waals surface area contributed by atoms with Gasteiger partial charge in [0.1, 0.15) is 11.5 Å². The van der Waals surface area contributed by atoms with Crippen LogP contribution in [0, 0.1) is 10.1 Å². The quantitative estimate of drug-likeness (QED) is 0.167. The van der Waals surface area contributed by atoms with E-state index in [9.17, 15) is 25.1 Å². The number of anilines is 2. The van der Waals surface area contributed by atoms with E-state index in [0.29, 0.717) is 11.3 Å². The Hall–Kier alpha value is -3.26. The van der Waals surface area contributed by atoms with Crippen molar-refractivity contribution in [3.63, 3.8) is 0 Å². The molecule has 0 heterocycles. The number of hydrogen-bond acceptors (Lipinski definition) is 6. The van der Waals surface area contributed by atoms with E-state index in [0.717, 1.165) is 24.3 Å². The molecule has 2 aromatic carbocycles. The summed E-state index contributed by atoms with van der Waals surface area (Å²) in [4.78, 5) is 21.9. The van der Waals surface area contributed by atoms with Crippen molar-refractivity contribution in [1.82, 2.24) is 0 Å². The zero-order valence-electron chi connectivity index (χ0n) is 12.2. The second-order valence-electron chi connectivity index (χ2n) is 4.60. The van der Waals surface area contributed by atoms with Gasteiger partial charge in [0.2, 0.25) is 5.91 Å². The largest absolute Gasteiger partial charge is 0.507 e. The molecule has 9 heteroatoms. The number of phenolic OH excluding ortho intramolecular Hbond substituents is 2. The number of hydrogen-bond donors (Lipinski definition) is 4. The van der Waals surface area contributed by atoms with Crippen LogP contribution >= 0.6 is 12.4 Å². The van der Waals surface area contributed by atoms with Crippen LogP contribution in [0.15, 0.2) is 42.5 Å². The van der Waals surface area contributed by atoms with E-state index in [-0.39, 0.29) is 35.3 Å². The Morgan fingerprint density at radius 3 is 2.50 bits per heavy atom. The van der Waals surface area contributed by atoms with Gasteiger partial charge >= 0.3 is 0 Å². The minimum Gasteiger partial charge on any atom is -0.507 e. The first-order valence-corrected chi connectivity index (χ1v) is 6.42. The predicted molar refractivity (Wildman–Crippen MR) is 92.2 cm³/mol. The number of benzene rings is 2. The van der Waals surface area contributed by atoms with E-state index in [1.54, 1.807) is 0 Å². The van der Waals surface area contributed by atoms with E-state index in [4.69, 9.17) is 5.73 Å². The highest BCUT2D eigenvalue weighted by Gasteiger charge is 2.11. The van der Waals surface area contributed by atoms with Gasteiger partial charge in [0, 0.05) is 29.5 Å². The van der Waals surface area contributed by atoms with Crippen molar-refractivity contribution < 1.29 is 19.9 Å². The van der Waals surface area contributed by atoms with Crippen molar-refractivity contribution in [2.45, 2.75) is 0 Å². The molecule has 0 aromatic heterocycles. The first-order chi connectivity index (χ1) is 10.9. The molecule has 126 valence electrons. The lowest BCUT2D eigenvalue weighted by Gasteiger charge is -2.05. The van der Waals surface area contributed by atoms with Gasteiger partial charge in [-0.15, -0.1) is 12.4 Å². The summed E-state index contributed by atoms with van der Waals surface area (Å²) in [6, 6.07) is 7.64. The summed E-state index contributed by atoms with van der Waals surface area (Å²) in [5.41, 5.74) is 5.97. The Morgan fingerprint density at radius 2 is 1.83 bits per heavy atom. The molecule has 0 unspecified atom stereocenters. The molecular formula is C15H14ClN3O5. The van der Waals surface area contributed by atoms with Gasteiger partial charge in [0.25, 0.3) is 5.69 Å². The highest BCUT2D eigenvalue weighted by atomic mass is 35.5. The topological polar surface area (TPSA) is 139 Å². The average molecular weight is 352 g/mol. The van der Waals surface area contributed by atoms with Crippen LogP contribution in [-0.4, -0.2) is 21.0 Å². The maximum Gasteiger partial charge on any atom is 0.271 e. The van der Waals surface area contributed by atoms with Crippen LogP contribution in [0.5, 0.6) is 11.5 Å². The van der Waals surface area contributed by atoms with Crippen LogP contribution in [0.1, 0.15) is 5.56 Å². The van der Waals surface area contributed by atoms with Crippen LogP contribution < -0.4 is 11.1 Å². The Labute approximate surface area is 142 Å². The Balaban J connectivity index is 0.00000288. The molecule has 0 aliphatic carbocycles. The second kappa shape index (κ2) is 7.84. The normalized spacial score (nSPS) is 10.2. The fourth-order valence-corrected chi connectivity index (χ4v) is 1.78. The molecule has 0 spiro atoms. The average Bonchev–Trinajstić information content (AvgIpc) is 2.50. The van der Waals surface area contributed by atoms with Crippen molar-refractivity contribution in [2.75, 3.05) is 11.1 Å². The van der Waals surface area contributed by atoms with Gasteiger partial charge in [-0.3, -0.25) is 14.9 Å². The molecule has 0 saturated carbocycles. The third-order valence-corrected chi connectivity index (χ3v) is 2.91. The third kappa shape index (κ3) is 4.62. The lowest BCUT2D eigenvalue weighted by molar-refractivity contribution is -0.384. The molecule has 1 amide bonds. The number of rotatable bonds is 4. The minimum atomic E-state index is -0.643. The fraction of sp³-hybridized carbons (Fsp3) is 0. The molecule has 0 fully saturated rings. The lowest BCUT2D eigenvalue weighted by Crippen LogP contribution is -2.08. The summed E-state index contributed by atoms with van der Waals surface area (Å²) in [7, 11) is 0. The molecule has 2 aromatic rings. The third-order valence-electron chi connectivity index (χ3n) is 2.91. The summed E-state index contributed by atoms with van der Waals surface area (Å²) in [5.74, 6) is -0.992. The number of nitro benzene ring substituents is 1. The fourth-order valence-electron chi connectivity index (χ4n) is 1.78. The van der Waals surface area contributed by atoms with Crippen molar-refractivity contribution in [3.05, 3.63) is 58.2 Å². The molecular weight excluding hydrogens is 338 g/mol. The van der Waals surface area contributed by atoms with E-state index < -0.39 is 10.8 Å². The Kier molecular flexibility index (Phi) is 6.14. The zero-order valence-corrected chi connectivity index (χ0v) is 13.0. The summed E-state index contributed by atoms with van der Waals surface area (Å²) >= 11 is 0. The SMILES string of the molecule is Cl.Nc1ccc(O)c(C=CC(=O)Nc2cc([N+](=O)[O-])ccc2O)c1. The summed E-state index contributed by atoms with van der Waals surface area (Å²) in [5, 5.41) is 32.2. The van der Waals surface area contributed by atoms with E-state index in [1.807, 2.05) is 0 Å². The smallest absolute Gasteiger partial charge is 0.271 e. The standard InChI is InChI=1S/C15H13N3O5.ClH/c16-10-2-4-13(19)9(7-10)1-6-15(21)17-12-8-11(18(22)23)3-5-14(12)20;/h1-8,19-20H,16H2,(H,17,21);1H. The molecule has 0 saturated heterocycles. The Bertz CT molecular complexity index is 808. The van der Waals surface area contributed by atoms with Gasteiger partial charge < -0.3 is 21.3 Å². The van der Waals surface area contributed by atoms with Gasteiger partial charge in [-0.25, -0.2) is 0 Å². The highest BCUT2D eigenvalue weighted by molar-refractivity contribution is 6.03. The number of non-ortho nitro benzene ring substituents is 1. The molecule has 0 radical (unpaired) electrons. The van der Waals surface area contributed by atoms with Crippen molar-refractivity contribution in [1.29, 1.82) is 0 Å². The minimum absolute atomic E-state index is 0. The van der Waals surface area contributed by atoms with Crippen LogP contribution in [0.25, 0.3) is 6.08 Å². The molecule has 0 aliphatic heterocycles. The van der Waals surface area contributed by atoms with Crippen LogP contribution in [0.2, 0.25) is 0 Å². The van der Waals surface area contributed by atoms with E-state index in [1.165, 1.54) is 24.3 Å². The van der Waals surface area contributed by atoms with Gasteiger partial charge in [-0.1, -0.05) is 0 Å². The number of carbonyl (C=O) groups excluding carboxylic acids is 1. The monoisotopic (exact) mass is 351 g/mol. The summed E-state index contributed by atoms with van der Waals surface area (Å²) in [6.07, 6.45) is 2.43. The van der Waals surface area contributed by atoms with Gasteiger partial charge in [0.15, 0.2) is 0 Å². The van der Waals surface area contributed by atoms with Crippen molar-refractivity contribution in [2.24, 2.45) is 0 Å². The molecule has 0 bridgehead atoms. The number of phenols is 2. The van der Waals surface area contributed by atoms with Crippen LogP contribution in [0.3, 0.4) is 0 Å². The van der Waals surface area contributed by atoms with E-state index in [2.05, 4.69) is 5.32 Å². The first kappa shape index (κ1) is 18.8. The maximum absolute atomic E-state index is 11.8. The number of nitrogens with two attached hydrogens (primary N) is 1. The van der Waals surface area contributed by atoms with Crippen LogP contribution in [-0.2, 0) is 4.79 Å². The summed E-state index contributed by atoms with van der Waals surface area (Å²) in [6.45, 7) is 0. The lowest BCUT2D eigenvalue weighted by atomic mass is 10.1. The number of nitro groups is 1. The number of carbonyl (C=O) groups is 1. The van der Waals surface area contributed by atoms with Crippen LogP contribution in [0.4, 0.5) is 17.1 Å². The molecule has 2 rings (SSSR count). The second-order valence-corrected chi connectivity index (χ2v) is 4.60. The zero-order chi connectivity index (χ0) is 17.0. The number of nitrogens with zero attached hydrogens (tertiary/aromatic N) is 1. The number of aromatic hydroxyl groups is 2. The van der Waals surface area contributed by atoms with Gasteiger partial charge in [0.05, 0.1) is 10.6 Å². The molecule has 24 heavy (non-hydrogen) atoms. The first-order valence-electron chi connectivity index (χ1n) is 6.42. The van der Waals surface area contributed by atoms with Crippen molar-refractivity contribution >= 4 is 41.5 Å². The number of amides is 1. The molecule has 5 N–H and O–H groups in total. The molecule has 0 aliphatic rings. The van der Waals surface area contributed by atoms with Gasteiger partial charge in [-0.2, -0.15) is 0 Å². The summed E-state index contributed by atoms with van der Waals surface area (Å²) < 4.78 is 0. The number of nitrogens with one attached hydrogen (secondary N) is 1. The Morgan fingerprint density at radius 1 is 1.17 bits per heavy atom. The molecule has 0 atom stereocenters. The maximum atomic E-state index is 11.8. The highest BCUT2D eigenvalue weighted by Crippen LogP contribution is 2.28.